The maximum atomic E-state index is 6.15. The molecule has 0 bridgehead atoms. The molecule has 0 saturated heterocycles. The summed E-state index contributed by atoms with van der Waals surface area (Å²) in [4.78, 5) is 0. The predicted octanol–water partition coefficient (Wildman–Crippen LogP) is 3.47. The van der Waals surface area contributed by atoms with Crippen molar-refractivity contribution in [3.05, 3.63) is 81.7 Å². The molecule has 1 heteroatoms. The molecule has 4 aliphatic carbocycles. The van der Waals surface area contributed by atoms with Crippen LogP contribution in [0.25, 0.3) is 0 Å². The van der Waals surface area contributed by atoms with E-state index >= 15 is 0 Å². The van der Waals surface area contributed by atoms with Gasteiger partial charge in [0.1, 0.15) is 0 Å². The van der Waals surface area contributed by atoms with Crippen molar-refractivity contribution in [3.63, 3.8) is 0 Å². The third kappa shape index (κ3) is 1.11. The summed E-state index contributed by atoms with van der Waals surface area (Å²) in [7, 11) is 0. The molecule has 1 nitrogen and oxygen atoms in total. The van der Waals surface area contributed by atoms with Crippen molar-refractivity contribution in [2.75, 3.05) is 0 Å². The van der Waals surface area contributed by atoms with Gasteiger partial charge in [0.2, 0.25) is 0 Å². The summed E-state index contributed by atoms with van der Waals surface area (Å²) in [5.74, 6) is 0.419. The largest absolute Gasteiger partial charge is 0.398 e. The Kier molecular flexibility index (Phi) is 1.80. The highest BCUT2D eigenvalue weighted by Crippen LogP contribution is 2.48. The lowest BCUT2D eigenvalue weighted by Crippen LogP contribution is -2.24. The summed E-state index contributed by atoms with van der Waals surface area (Å²) in [5.41, 5.74) is 15.4. The molecule has 1 unspecified atom stereocenters. The van der Waals surface area contributed by atoms with Crippen LogP contribution >= 0.6 is 0 Å². The van der Waals surface area contributed by atoms with E-state index in [4.69, 9.17) is 5.73 Å². The van der Waals surface area contributed by atoms with Crippen molar-refractivity contribution in [3.8, 4) is 0 Å². The molecule has 0 aromatic rings. The molecule has 18 heavy (non-hydrogen) atoms. The fourth-order valence-electron chi connectivity index (χ4n) is 3.35. The molecule has 0 aromatic carbocycles. The maximum absolute atomic E-state index is 6.15. The van der Waals surface area contributed by atoms with Crippen LogP contribution in [0.5, 0.6) is 0 Å². The fourth-order valence-corrected chi connectivity index (χ4v) is 3.35. The number of allylic oxidation sites excluding steroid dienone is 12. The van der Waals surface area contributed by atoms with Crippen molar-refractivity contribution in [2.24, 2.45) is 11.7 Å². The van der Waals surface area contributed by atoms with E-state index in [1.54, 1.807) is 0 Å². The van der Waals surface area contributed by atoms with Crippen molar-refractivity contribution >= 4 is 0 Å². The van der Waals surface area contributed by atoms with Gasteiger partial charge in [-0.3, -0.25) is 0 Å². The van der Waals surface area contributed by atoms with E-state index in [1.807, 2.05) is 0 Å². The number of rotatable bonds is 0. The number of hydrogen-bond acceptors (Lipinski definition) is 1. The third-order valence-corrected chi connectivity index (χ3v) is 4.31. The summed E-state index contributed by atoms with van der Waals surface area (Å²) in [6, 6.07) is 0. The lowest BCUT2D eigenvalue weighted by atomic mass is 9.67. The summed E-state index contributed by atoms with van der Waals surface area (Å²) in [6.45, 7) is 2.19. The quantitative estimate of drug-likeness (QED) is 0.681. The van der Waals surface area contributed by atoms with Gasteiger partial charge in [-0.05, 0) is 41.2 Å². The van der Waals surface area contributed by atoms with E-state index in [0.29, 0.717) is 5.92 Å². The molecule has 0 spiro atoms. The van der Waals surface area contributed by atoms with Crippen LogP contribution in [0.4, 0.5) is 0 Å². The van der Waals surface area contributed by atoms with Crippen LogP contribution in [-0.4, -0.2) is 0 Å². The van der Waals surface area contributed by atoms with Crippen molar-refractivity contribution < 1.29 is 0 Å². The topological polar surface area (TPSA) is 26.0 Å². The van der Waals surface area contributed by atoms with E-state index in [0.717, 1.165) is 12.1 Å². The van der Waals surface area contributed by atoms with Gasteiger partial charge in [-0.1, -0.05) is 42.5 Å². The molecular weight excluding hydrogens is 218 g/mol. The minimum Gasteiger partial charge on any atom is -0.398 e. The summed E-state index contributed by atoms with van der Waals surface area (Å²) in [5, 5.41) is 0. The highest BCUT2D eigenvalue weighted by molar-refractivity contribution is 5.69. The molecule has 0 amide bonds. The number of nitrogens with two attached hydrogens (primary N) is 1. The normalized spacial score (nSPS) is 27.8. The SMILES string of the molecule is CC1=CC=C2C=CC3=C4C(=CC=C1C24)CC=C3N. The van der Waals surface area contributed by atoms with Crippen LogP contribution in [-0.2, 0) is 0 Å². The summed E-state index contributed by atoms with van der Waals surface area (Å²) >= 11 is 0. The highest BCUT2D eigenvalue weighted by Gasteiger charge is 2.34. The van der Waals surface area contributed by atoms with Crippen molar-refractivity contribution in [1.82, 2.24) is 0 Å². The zero-order valence-electron chi connectivity index (χ0n) is 10.4. The Morgan fingerprint density at radius 3 is 2.89 bits per heavy atom. The zero-order valence-corrected chi connectivity index (χ0v) is 10.4. The van der Waals surface area contributed by atoms with E-state index < -0.39 is 0 Å². The second kappa shape index (κ2) is 3.26. The molecule has 0 fully saturated rings. The van der Waals surface area contributed by atoms with Gasteiger partial charge >= 0.3 is 0 Å². The highest BCUT2D eigenvalue weighted by atomic mass is 14.6. The molecule has 0 heterocycles. The van der Waals surface area contributed by atoms with E-state index in [-0.39, 0.29) is 0 Å². The van der Waals surface area contributed by atoms with Gasteiger partial charge < -0.3 is 5.73 Å². The van der Waals surface area contributed by atoms with Crippen molar-refractivity contribution in [2.45, 2.75) is 13.3 Å². The van der Waals surface area contributed by atoms with Crippen LogP contribution < -0.4 is 5.73 Å². The summed E-state index contributed by atoms with van der Waals surface area (Å²) in [6.07, 6.45) is 16.5. The predicted molar refractivity (Wildman–Crippen MR) is 74.5 cm³/mol. The van der Waals surface area contributed by atoms with E-state index in [1.165, 1.54) is 33.4 Å². The maximum Gasteiger partial charge on any atom is 0.0353 e. The molecular formula is C17H15N. The summed E-state index contributed by atoms with van der Waals surface area (Å²) < 4.78 is 0. The molecule has 0 radical (unpaired) electrons. The minimum atomic E-state index is 0.419. The minimum absolute atomic E-state index is 0.419. The Morgan fingerprint density at radius 1 is 1.11 bits per heavy atom. The average molecular weight is 233 g/mol. The second-order valence-electron chi connectivity index (χ2n) is 5.29. The van der Waals surface area contributed by atoms with E-state index in [2.05, 4.69) is 49.5 Å². The smallest absolute Gasteiger partial charge is 0.0353 e. The van der Waals surface area contributed by atoms with E-state index in [9.17, 15) is 0 Å². The number of hydrogen-bond donors (Lipinski definition) is 1. The average Bonchev–Trinajstić information content (AvgIpc) is 2.40. The van der Waals surface area contributed by atoms with Gasteiger partial charge in [0.05, 0.1) is 0 Å². The zero-order chi connectivity index (χ0) is 12.3. The second-order valence-corrected chi connectivity index (χ2v) is 5.29. The van der Waals surface area contributed by atoms with Crippen LogP contribution in [0.1, 0.15) is 13.3 Å². The Bertz CT molecular complexity index is 672. The fraction of sp³-hybridized carbons (Fsp3) is 0.176. The van der Waals surface area contributed by atoms with Gasteiger partial charge in [-0.15, -0.1) is 0 Å². The molecule has 88 valence electrons. The Labute approximate surface area is 107 Å². The molecule has 0 saturated carbocycles. The molecule has 4 rings (SSSR count). The van der Waals surface area contributed by atoms with Gasteiger partial charge in [0.15, 0.2) is 0 Å². The van der Waals surface area contributed by atoms with Crippen LogP contribution in [0.3, 0.4) is 0 Å². The van der Waals surface area contributed by atoms with Gasteiger partial charge in [0.25, 0.3) is 0 Å². The lowest BCUT2D eigenvalue weighted by molar-refractivity contribution is 0.808. The lowest BCUT2D eigenvalue weighted by Gasteiger charge is -2.37. The third-order valence-electron chi connectivity index (χ3n) is 4.31. The molecule has 2 N–H and O–H groups in total. The Balaban J connectivity index is 2.03. The van der Waals surface area contributed by atoms with Crippen LogP contribution in [0, 0.1) is 5.92 Å². The molecule has 0 aromatic heterocycles. The Morgan fingerprint density at radius 2 is 2.00 bits per heavy atom. The van der Waals surface area contributed by atoms with Gasteiger partial charge in [0, 0.05) is 17.2 Å². The standard InChI is InChI=1S/C17H15N/c1-10-2-3-11-5-8-14-15(18)9-6-12-4-7-13(10)16(11)17(12)14/h2-5,7-9,16H,6,18H2,1H3. The first kappa shape index (κ1) is 9.95. The molecule has 4 aliphatic rings. The Hall–Kier alpha value is -2.02. The van der Waals surface area contributed by atoms with Crippen LogP contribution in [0.2, 0.25) is 0 Å². The van der Waals surface area contributed by atoms with Gasteiger partial charge in [-0.2, -0.15) is 0 Å². The van der Waals surface area contributed by atoms with Crippen LogP contribution in [0.15, 0.2) is 81.7 Å². The first-order chi connectivity index (χ1) is 8.75. The molecule has 1 atom stereocenters. The van der Waals surface area contributed by atoms with Crippen molar-refractivity contribution in [1.29, 1.82) is 0 Å². The molecule has 0 aliphatic heterocycles. The monoisotopic (exact) mass is 233 g/mol. The van der Waals surface area contributed by atoms with Gasteiger partial charge in [-0.25, -0.2) is 0 Å². The first-order valence-electron chi connectivity index (χ1n) is 6.44. The first-order valence-corrected chi connectivity index (χ1v) is 6.44.